The number of halogens is 1. The van der Waals surface area contributed by atoms with Crippen LogP contribution in [0.25, 0.3) is 0 Å². The van der Waals surface area contributed by atoms with Crippen LogP contribution in [0.2, 0.25) is 0 Å². The van der Waals surface area contributed by atoms with Crippen LogP contribution >= 0.6 is 38.6 Å². The SMILES string of the molecule is CCN(Cc1cccs1)Cc1cc(Br)cs1. The van der Waals surface area contributed by atoms with Crippen molar-refractivity contribution < 1.29 is 0 Å². The van der Waals surface area contributed by atoms with Gasteiger partial charge in [-0.15, -0.1) is 22.7 Å². The normalized spacial score (nSPS) is 11.2. The van der Waals surface area contributed by atoms with Crippen LogP contribution in [0.5, 0.6) is 0 Å². The summed E-state index contributed by atoms with van der Waals surface area (Å²) in [6, 6.07) is 6.54. The number of hydrogen-bond donors (Lipinski definition) is 0. The summed E-state index contributed by atoms with van der Waals surface area (Å²) in [6.45, 7) is 5.41. The van der Waals surface area contributed by atoms with Crippen LogP contribution in [0.1, 0.15) is 16.7 Å². The maximum atomic E-state index is 3.50. The van der Waals surface area contributed by atoms with Gasteiger partial charge >= 0.3 is 0 Å². The zero-order valence-corrected chi connectivity index (χ0v) is 12.4. The van der Waals surface area contributed by atoms with Gasteiger partial charge in [-0.3, -0.25) is 4.90 Å². The van der Waals surface area contributed by atoms with E-state index in [-0.39, 0.29) is 0 Å². The van der Waals surface area contributed by atoms with E-state index in [2.05, 4.69) is 56.7 Å². The molecule has 0 aliphatic rings. The third-order valence-corrected chi connectivity index (χ3v) is 4.95. The topological polar surface area (TPSA) is 3.24 Å². The highest BCUT2D eigenvalue weighted by molar-refractivity contribution is 9.10. The lowest BCUT2D eigenvalue weighted by Gasteiger charge is -2.18. The van der Waals surface area contributed by atoms with Crippen molar-refractivity contribution in [2.24, 2.45) is 0 Å². The molecule has 0 atom stereocenters. The van der Waals surface area contributed by atoms with Gasteiger partial charge in [0.2, 0.25) is 0 Å². The van der Waals surface area contributed by atoms with Crippen molar-refractivity contribution in [2.45, 2.75) is 20.0 Å². The molecule has 16 heavy (non-hydrogen) atoms. The maximum Gasteiger partial charge on any atom is 0.0332 e. The molecule has 0 N–H and O–H groups in total. The van der Waals surface area contributed by atoms with Crippen LogP contribution in [0.15, 0.2) is 33.4 Å². The minimum Gasteiger partial charge on any atom is -0.293 e. The Morgan fingerprint density at radius 3 is 2.62 bits per heavy atom. The third kappa shape index (κ3) is 3.42. The zero-order chi connectivity index (χ0) is 11.4. The molecule has 2 aromatic rings. The second-order valence-corrected chi connectivity index (χ2v) is 6.56. The molecule has 2 heterocycles. The fourth-order valence-electron chi connectivity index (χ4n) is 1.56. The van der Waals surface area contributed by atoms with Gasteiger partial charge in [-0.25, -0.2) is 0 Å². The van der Waals surface area contributed by atoms with Gasteiger partial charge in [0.25, 0.3) is 0 Å². The number of hydrogen-bond acceptors (Lipinski definition) is 3. The molecule has 0 aromatic carbocycles. The average Bonchev–Trinajstić information content (AvgIpc) is 2.89. The van der Waals surface area contributed by atoms with Crippen molar-refractivity contribution in [2.75, 3.05) is 6.54 Å². The summed E-state index contributed by atoms with van der Waals surface area (Å²) in [4.78, 5) is 5.33. The summed E-state index contributed by atoms with van der Waals surface area (Å²) in [7, 11) is 0. The van der Waals surface area contributed by atoms with Crippen molar-refractivity contribution >= 4 is 38.6 Å². The second-order valence-electron chi connectivity index (χ2n) is 3.61. The fraction of sp³-hybridized carbons (Fsp3) is 0.333. The molecular weight excluding hydrogens is 302 g/mol. The van der Waals surface area contributed by atoms with Crippen molar-refractivity contribution in [3.8, 4) is 0 Å². The van der Waals surface area contributed by atoms with E-state index in [1.54, 1.807) is 0 Å². The Balaban J connectivity index is 1.95. The molecule has 0 fully saturated rings. The molecular formula is C12H14BrNS2. The van der Waals surface area contributed by atoms with E-state index >= 15 is 0 Å². The molecule has 1 nitrogen and oxygen atoms in total. The lowest BCUT2D eigenvalue weighted by Crippen LogP contribution is -2.21. The minimum atomic E-state index is 1.05. The Morgan fingerprint density at radius 2 is 2.06 bits per heavy atom. The predicted molar refractivity (Wildman–Crippen MR) is 76.1 cm³/mol. The zero-order valence-electron chi connectivity index (χ0n) is 9.15. The van der Waals surface area contributed by atoms with Crippen molar-refractivity contribution in [1.82, 2.24) is 4.90 Å². The monoisotopic (exact) mass is 315 g/mol. The smallest absolute Gasteiger partial charge is 0.0332 e. The molecule has 2 aromatic heterocycles. The van der Waals surface area contributed by atoms with Crippen LogP contribution in [-0.4, -0.2) is 11.4 Å². The average molecular weight is 316 g/mol. The lowest BCUT2D eigenvalue weighted by molar-refractivity contribution is 0.276. The van der Waals surface area contributed by atoms with Crippen molar-refractivity contribution in [3.05, 3.63) is 43.2 Å². The largest absolute Gasteiger partial charge is 0.293 e. The second kappa shape index (κ2) is 5.96. The van der Waals surface area contributed by atoms with Gasteiger partial charge in [-0.05, 0) is 40.0 Å². The highest BCUT2D eigenvalue weighted by Crippen LogP contribution is 2.22. The van der Waals surface area contributed by atoms with E-state index in [1.807, 2.05) is 22.7 Å². The Morgan fingerprint density at radius 1 is 1.25 bits per heavy atom. The molecule has 0 unspecified atom stereocenters. The highest BCUT2D eigenvalue weighted by Gasteiger charge is 2.07. The molecule has 0 aliphatic heterocycles. The minimum absolute atomic E-state index is 1.05. The van der Waals surface area contributed by atoms with Crippen LogP contribution in [0, 0.1) is 0 Å². The van der Waals surface area contributed by atoms with Gasteiger partial charge in [-0.1, -0.05) is 13.0 Å². The van der Waals surface area contributed by atoms with E-state index in [9.17, 15) is 0 Å². The molecule has 86 valence electrons. The van der Waals surface area contributed by atoms with Crippen LogP contribution in [0.3, 0.4) is 0 Å². The van der Waals surface area contributed by atoms with Gasteiger partial charge in [0.15, 0.2) is 0 Å². The summed E-state index contributed by atoms with van der Waals surface area (Å²) in [5.74, 6) is 0. The van der Waals surface area contributed by atoms with Gasteiger partial charge < -0.3 is 0 Å². The Kier molecular flexibility index (Phi) is 4.58. The molecule has 0 radical (unpaired) electrons. The first-order valence-corrected chi connectivity index (χ1v) is 7.81. The van der Waals surface area contributed by atoms with Crippen LogP contribution < -0.4 is 0 Å². The molecule has 4 heteroatoms. The van der Waals surface area contributed by atoms with Crippen LogP contribution in [0.4, 0.5) is 0 Å². The van der Waals surface area contributed by atoms with E-state index in [0.29, 0.717) is 0 Å². The summed E-state index contributed by atoms with van der Waals surface area (Å²) in [5, 5.41) is 4.29. The van der Waals surface area contributed by atoms with Gasteiger partial charge in [0, 0.05) is 32.7 Å². The molecule has 0 aliphatic carbocycles. The number of rotatable bonds is 5. The molecule has 0 bridgehead atoms. The quantitative estimate of drug-likeness (QED) is 0.779. The predicted octanol–water partition coefficient (Wildman–Crippen LogP) is 4.59. The summed E-state index contributed by atoms with van der Waals surface area (Å²) < 4.78 is 1.19. The third-order valence-electron chi connectivity index (χ3n) is 2.41. The standard InChI is InChI=1S/C12H14BrNS2/c1-2-14(7-11-4-3-5-15-11)8-12-6-10(13)9-16-12/h3-6,9H,2,7-8H2,1H3. The molecule has 0 amide bonds. The van der Waals surface area contributed by atoms with Crippen molar-refractivity contribution in [1.29, 1.82) is 0 Å². The van der Waals surface area contributed by atoms with Crippen LogP contribution in [-0.2, 0) is 13.1 Å². The molecule has 2 rings (SSSR count). The molecule has 0 spiro atoms. The van der Waals surface area contributed by atoms with E-state index in [0.717, 1.165) is 19.6 Å². The van der Waals surface area contributed by atoms with Crippen molar-refractivity contribution in [3.63, 3.8) is 0 Å². The number of nitrogens with zero attached hydrogens (tertiary/aromatic N) is 1. The summed E-state index contributed by atoms with van der Waals surface area (Å²) in [5.41, 5.74) is 0. The van der Waals surface area contributed by atoms with Gasteiger partial charge in [0.1, 0.15) is 0 Å². The van der Waals surface area contributed by atoms with E-state index in [4.69, 9.17) is 0 Å². The van der Waals surface area contributed by atoms with E-state index < -0.39 is 0 Å². The summed E-state index contributed by atoms with van der Waals surface area (Å²) in [6.07, 6.45) is 0. The lowest BCUT2D eigenvalue weighted by atomic mass is 10.3. The Hall–Kier alpha value is -0.160. The van der Waals surface area contributed by atoms with Gasteiger partial charge in [0.05, 0.1) is 0 Å². The highest BCUT2D eigenvalue weighted by atomic mass is 79.9. The van der Waals surface area contributed by atoms with Gasteiger partial charge in [-0.2, -0.15) is 0 Å². The van der Waals surface area contributed by atoms with E-state index in [1.165, 1.54) is 14.2 Å². The number of thiophene rings is 2. The first-order valence-electron chi connectivity index (χ1n) is 5.25. The first kappa shape index (κ1) is 12.3. The molecule has 0 saturated heterocycles. The first-order chi connectivity index (χ1) is 7.78. The Labute approximate surface area is 113 Å². The Bertz CT molecular complexity index is 422. The molecule has 0 saturated carbocycles. The fourth-order valence-corrected chi connectivity index (χ4v) is 3.80. The summed E-state index contributed by atoms with van der Waals surface area (Å²) >= 11 is 7.15. The maximum absolute atomic E-state index is 3.50.